The van der Waals surface area contributed by atoms with Crippen molar-refractivity contribution in [3.63, 3.8) is 0 Å². The Balaban J connectivity index is 0.00000225. The van der Waals surface area contributed by atoms with Crippen LogP contribution < -0.4 is 10.5 Å². The van der Waals surface area contributed by atoms with Gasteiger partial charge in [-0.3, -0.25) is 0 Å². The van der Waals surface area contributed by atoms with Crippen LogP contribution in [0.5, 0.6) is 11.5 Å². The van der Waals surface area contributed by atoms with Crippen LogP contribution >= 0.6 is 44.3 Å². The Morgan fingerprint density at radius 2 is 2.00 bits per heavy atom. The normalized spacial score (nSPS) is 11.8. The van der Waals surface area contributed by atoms with Crippen LogP contribution in [0.1, 0.15) is 24.9 Å². The Kier molecular flexibility index (Phi) is 6.70. The maximum Gasteiger partial charge on any atom is 0.173 e. The van der Waals surface area contributed by atoms with Crippen molar-refractivity contribution in [2.45, 2.75) is 19.4 Å². The van der Waals surface area contributed by atoms with E-state index in [2.05, 4.69) is 31.9 Å². The van der Waals surface area contributed by atoms with E-state index in [-0.39, 0.29) is 24.2 Å². The van der Waals surface area contributed by atoms with Crippen molar-refractivity contribution in [2.75, 3.05) is 7.11 Å². The van der Waals surface area contributed by atoms with E-state index in [1.54, 1.807) is 6.07 Å². The van der Waals surface area contributed by atoms with Crippen LogP contribution in [0.25, 0.3) is 0 Å². The van der Waals surface area contributed by atoms with Gasteiger partial charge in [-0.05, 0) is 49.9 Å². The van der Waals surface area contributed by atoms with E-state index in [1.807, 2.05) is 6.92 Å². The van der Waals surface area contributed by atoms with E-state index >= 15 is 0 Å². The van der Waals surface area contributed by atoms with Crippen molar-refractivity contribution in [3.8, 4) is 11.5 Å². The van der Waals surface area contributed by atoms with Crippen molar-refractivity contribution in [3.05, 3.63) is 20.6 Å². The molecule has 1 aromatic carbocycles. The van der Waals surface area contributed by atoms with E-state index in [9.17, 15) is 5.11 Å². The average molecular weight is 375 g/mol. The van der Waals surface area contributed by atoms with E-state index in [1.165, 1.54) is 7.11 Å². The maximum absolute atomic E-state index is 9.71. The molecule has 0 amide bonds. The average Bonchev–Trinajstić information content (AvgIpc) is 2.25. The summed E-state index contributed by atoms with van der Waals surface area (Å²) in [5, 5.41) is 9.71. The second-order valence-corrected chi connectivity index (χ2v) is 4.75. The molecule has 1 rings (SSSR count). The van der Waals surface area contributed by atoms with Gasteiger partial charge >= 0.3 is 0 Å². The number of hydrogen-bond donors (Lipinski definition) is 2. The van der Waals surface area contributed by atoms with Crippen molar-refractivity contribution in [1.29, 1.82) is 0 Å². The van der Waals surface area contributed by atoms with Crippen LogP contribution in [-0.4, -0.2) is 12.2 Å². The van der Waals surface area contributed by atoms with Crippen LogP contribution in [0.3, 0.4) is 0 Å². The van der Waals surface area contributed by atoms with Gasteiger partial charge in [-0.2, -0.15) is 0 Å². The fourth-order valence-corrected chi connectivity index (χ4v) is 2.28. The zero-order valence-electron chi connectivity index (χ0n) is 8.96. The molecule has 0 bridgehead atoms. The number of rotatable bonds is 3. The first-order valence-electron chi connectivity index (χ1n) is 4.53. The van der Waals surface area contributed by atoms with Gasteiger partial charge in [-0.25, -0.2) is 0 Å². The smallest absolute Gasteiger partial charge is 0.173 e. The minimum atomic E-state index is -0.0785. The first-order valence-corrected chi connectivity index (χ1v) is 6.11. The monoisotopic (exact) mass is 373 g/mol. The highest BCUT2D eigenvalue weighted by Gasteiger charge is 2.17. The molecule has 0 spiro atoms. The van der Waals surface area contributed by atoms with Crippen molar-refractivity contribution in [2.24, 2.45) is 5.73 Å². The van der Waals surface area contributed by atoms with Crippen LogP contribution in [0.4, 0.5) is 0 Å². The first kappa shape index (κ1) is 16.0. The fraction of sp³-hybridized carbons (Fsp3) is 0.400. The zero-order chi connectivity index (χ0) is 11.6. The molecule has 0 heterocycles. The molecule has 16 heavy (non-hydrogen) atoms. The molecule has 1 aromatic rings. The summed E-state index contributed by atoms with van der Waals surface area (Å²) < 4.78 is 6.40. The number of phenolic OH excluding ortho intramolecular Hbond substituents is 1. The molecule has 6 heteroatoms. The lowest BCUT2D eigenvalue weighted by Crippen LogP contribution is -2.09. The minimum absolute atomic E-state index is 0. The van der Waals surface area contributed by atoms with Gasteiger partial charge < -0.3 is 15.6 Å². The lowest BCUT2D eigenvalue weighted by molar-refractivity contribution is 0.370. The highest BCUT2D eigenvalue weighted by atomic mass is 79.9. The molecule has 0 saturated heterocycles. The SMILES string of the molecule is CC[C@@H](N)c1cc(OC)c(O)c(Br)c1Br.Cl. The van der Waals surface area contributed by atoms with Gasteiger partial charge in [0.15, 0.2) is 11.5 Å². The Morgan fingerprint density at radius 3 is 2.44 bits per heavy atom. The summed E-state index contributed by atoms with van der Waals surface area (Å²) in [6.45, 7) is 2.00. The van der Waals surface area contributed by atoms with Gasteiger partial charge in [0.1, 0.15) is 0 Å². The summed E-state index contributed by atoms with van der Waals surface area (Å²) in [4.78, 5) is 0. The predicted octanol–water partition coefficient (Wildman–Crippen LogP) is 3.76. The molecule has 3 nitrogen and oxygen atoms in total. The Bertz CT molecular complexity index is 374. The summed E-state index contributed by atoms with van der Waals surface area (Å²) in [6, 6.07) is 1.67. The van der Waals surface area contributed by atoms with Crippen molar-refractivity contribution < 1.29 is 9.84 Å². The summed E-state index contributed by atoms with van der Waals surface area (Å²) in [7, 11) is 1.51. The van der Waals surface area contributed by atoms with Crippen molar-refractivity contribution in [1.82, 2.24) is 0 Å². The molecule has 1 atom stereocenters. The Labute approximate surface area is 118 Å². The quantitative estimate of drug-likeness (QED) is 0.846. The number of hydrogen-bond acceptors (Lipinski definition) is 3. The van der Waals surface area contributed by atoms with Gasteiger partial charge in [-0.15, -0.1) is 12.4 Å². The summed E-state index contributed by atoms with van der Waals surface area (Å²) in [6.07, 6.45) is 0.818. The van der Waals surface area contributed by atoms with E-state index in [0.717, 1.165) is 16.5 Å². The minimum Gasteiger partial charge on any atom is -0.503 e. The van der Waals surface area contributed by atoms with Crippen LogP contribution in [0, 0.1) is 0 Å². The van der Waals surface area contributed by atoms with Gasteiger partial charge in [0.2, 0.25) is 0 Å². The molecule has 0 aliphatic rings. The zero-order valence-corrected chi connectivity index (χ0v) is 12.9. The van der Waals surface area contributed by atoms with Crippen LogP contribution in [0.2, 0.25) is 0 Å². The standard InChI is InChI=1S/C10H13Br2NO2.ClH/c1-3-6(13)5-4-7(15-2)10(14)9(12)8(5)11;/h4,6,14H,3,13H2,1-2H3;1H/t6-;/m1./s1. The molecule has 0 radical (unpaired) electrons. The Hall–Kier alpha value is 0.0300. The maximum atomic E-state index is 9.71. The molecular formula is C10H14Br2ClNO2. The summed E-state index contributed by atoms with van der Waals surface area (Å²) in [5.41, 5.74) is 6.87. The highest BCUT2D eigenvalue weighted by Crippen LogP contribution is 2.43. The molecule has 0 saturated carbocycles. The lowest BCUT2D eigenvalue weighted by Gasteiger charge is -2.16. The van der Waals surface area contributed by atoms with Gasteiger partial charge in [0.25, 0.3) is 0 Å². The Morgan fingerprint density at radius 1 is 1.44 bits per heavy atom. The highest BCUT2D eigenvalue weighted by molar-refractivity contribution is 9.13. The molecular weight excluding hydrogens is 361 g/mol. The second kappa shape index (κ2) is 6.69. The number of methoxy groups -OCH3 is 1. The molecule has 0 aromatic heterocycles. The second-order valence-electron chi connectivity index (χ2n) is 3.16. The summed E-state index contributed by atoms with van der Waals surface area (Å²) >= 11 is 6.68. The third-order valence-electron chi connectivity index (χ3n) is 2.23. The number of halogens is 3. The lowest BCUT2D eigenvalue weighted by atomic mass is 10.1. The molecule has 0 aliphatic carbocycles. The number of ether oxygens (including phenoxy) is 1. The number of phenols is 1. The van der Waals surface area contributed by atoms with Crippen molar-refractivity contribution >= 4 is 44.3 Å². The fourth-order valence-electron chi connectivity index (χ4n) is 1.26. The molecule has 3 N–H and O–H groups in total. The topological polar surface area (TPSA) is 55.5 Å². The van der Waals surface area contributed by atoms with Gasteiger partial charge in [0, 0.05) is 10.5 Å². The summed E-state index contributed by atoms with van der Waals surface area (Å²) in [5.74, 6) is 0.500. The molecule has 0 aliphatic heterocycles. The molecule has 0 unspecified atom stereocenters. The van der Waals surface area contributed by atoms with Gasteiger partial charge in [0.05, 0.1) is 11.6 Å². The number of benzene rings is 1. The van der Waals surface area contributed by atoms with Crippen LogP contribution in [-0.2, 0) is 0 Å². The van der Waals surface area contributed by atoms with Crippen LogP contribution in [0.15, 0.2) is 15.0 Å². The predicted molar refractivity (Wildman–Crippen MR) is 74.5 cm³/mol. The largest absolute Gasteiger partial charge is 0.503 e. The first-order chi connectivity index (χ1) is 7.02. The van der Waals surface area contributed by atoms with E-state index in [0.29, 0.717) is 10.2 Å². The number of nitrogens with two attached hydrogens (primary N) is 1. The third kappa shape index (κ3) is 3.03. The van der Waals surface area contributed by atoms with Gasteiger partial charge in [-0.1, -0.05) is 6.92 Å². The number of aromatic hydroxyl groups is 1. The van der Waals surface area contributed by atoms with E-state index in [4.69, 9.17) is 10.5 Å². The third-order valence-corrected chi connectivity index (χ3v) is 4.39. The molecule has 0 fully saturated rings. The van der Waals surface area contributed by atoms with E-state index < -0.39 is 0 Å². The molecule has 92 valence electrons.